The van der Waals surface area contributed by atoms with Crippen LogP contribution in [0.4, 0.5) is 5.13 Å². The first-order chi connectivity index (χ1) is 16.9. The van der Waals surface area contributed by atoms with Crippen LogP contribution in [0.2, 0.25) is 0 Å². The lowest BCUT2D eigenvalue weighted by atomic mass is 10.1. The highest BCUT2D eigenvalue weighted by molar-refractivity contribution is 7.16. The smallest absolute Gasteiger partial charge is 0.358 e. The van der Waals surface area contributed by atoms with Crippen LogP contribution in [-0.2, 0) is 22.4 Å². The molecule has 4 rings (SSSR count). The van der Waals surface area contributed by atoms with Gasteiger partial charge in [-0.25, -0.2) is 19.3 Å². The van der Waals surface area contributed by atoms with Gasteiger partial charge < -0.3 is 4.74 Å². The predicted octanol–water partition coefficient (Wildman–Crippen LogP) is 3.89. The van der Waals surface area contributed by atoms with Crippen LogP contribution in [0.5, 0.6) is 0 Å². The number of anilines is 1. The first-order valence-electron chi connectivity index (χ1n) is 11.5. The van der Waals surface area contributed by atoms with Gasteiger partial charge in [0.1, 0.15) is 6.33 Å². The number of esters is 1. The van der Waals surface area contributed by atoms with E-state index in [9.17, 15) is 9.59 Å². The average Bonchev–Trinajstić information content (AvgIpc) is 3.46. The van der Waals surface area contributed by atoms with E-state index in [1.807, 2.05) is 51.1 Å². The normalized spacial score (nSPS) is 11.1. The molecule has 1 amide bonds. The number of hydrogen-bond acceptors (Lipinski definition) is 8. The van der Waals surface area contributed by atoms with Crippen LogP contribution >= 0.6 is 11.3 Å². The number of rotatable bonds is 9. The van der Waals surface area contributed by atoms with Crippen LogP contribution in [-0.4, -0.2) is 49.6 Å². The van der Waals surface area contributed by atoms with Crippen LogP contribution in [0, 0.1) is 20.8 Å². The third-order valence-electron chi connectivity index (χ3n) is 5.83. The Morgan fingerprint density at radius 1 is 1.09 bits per heavy atom. The van der Waals surface area contributed by atoms with Gasteiger partial charge in [-0.2, -0.15) is 10.1 Å². The summed E-state index contributed by atoms with van der Waals surface area (Å²) in [5.41, 5.74) is 4.11. The fourth-order valence-electron chi connectivity index (χ4n) is 3.98. The Balaban J connectivity index is 1.58. The molecule has 0 aliphatic carbocycles. The van der Waals surface area contributed by atoms with Crippen molar-refractivity contribution in [3.05, 3.63) is 69.7 Å². The second-order valence-corrected chi connectivity index (χ2v) is 9.32. The fourth-order valence-corrected chi connectivity index (χ4v) is 4.92. The lowest BCUT2D eigenvalue weighted by molar-refractivity contribution is -0.118. The quantitative estimate of drug-likeness (QED) is 0.327. The number of nitrogens with zero attached hydrogens (tertiary/aromatic N) is 6. The van der Waals surface area contributed by atoms with Crippen molar-refractivity contribution in [3.63, 3.8) is 0 Å². The molecular formula is C25H28N6O3S. The number of carbonyl (C=O) groups is 2. The molecule has 3 heterocycles. The molecule has 0 unspecified atom stereocenters. The molecule has 0 saturated heterocycles. The predicted molar refractivity (Wildman–Crippen MR) is 134 cm³/mol. The highest BCUT2D eigenvalue weighted by Gasteiger charge is 2.24. The molecular weight excluding hydrogens is 464 g/mol. The number of fused-ring (bicyclic) bond motifs is 1. The average molecular weight is 493 g/mol. The van der Waals surface area contributed by atoms with E-state index >= 15 is 0 Å². The number of aryl methyl sites for hydroxylation is 3. The minimum Gasteiger partial charge on any atom is -0.461 e. The van der Waals surface area contributed by atoms with Crippen molar-refractivity contribution < 1.29 is 14.3 Å². The van der Waals surface area contributed by atoms with E-state index in [2.05, 4.69) is 20.1 Å². The molecule has 0 fully saturated rings. The Morgan fingerprint density at radius 3 is 2.60 bits per heavy atom. The van der Waals surface area contributed by atoms with E-state index < -0.39 is 5.97 Å². The number of benzene rings is 1. The molecule has 0 aliphatic heterocycles. The van der Waals surface area contributed by atoms with Crippen molar-refractivity contribution in [1.29, 1.82) is 0 Å². The summed E-state index contributed by atoms with van der Waals surface area (Å²) in [6.07, 6.45) is 2.92. The fraction of sp³-hybridized carbons (Fsp3) is 0.360. The number of hydrogen-bond donors (Lipinski definition) is 0. The maximum atomic E-state index is 13.5. The first-order valence-corrected chi connectivity index (χ1v) is 12.3. The van der Waals surface area contributed by atoms with Crippen molar-refractivity contribution in [1.82, 2.24) is 24.6 Å². The number of amides is 1. The van der Waals surface area contributed by atoms with Crippen molar-refractivity contribution in [2.24, 2.45) is 0 Å². The van der Waals surface area contributed by atoms with E-state index in [-0.39, 0.29) is 24.6 Å². The SMILES string of the molecule is CCOC(=O)c1nc(N(CCc2ccccc2)C(=O)CCc2c(C)nc3ncnn3c2C)sc1C. The molecule has 0 N–H and O–H groups in total. The molecule has 35 heavy (non-hydrogen) atoms. The molecule has 0 radical (unpaired) electrons. The standard InChI is InChI=1S/C25H28N6O3S/c1-5-34-23(33)22-18(4)35-25(29-22)30(14-13-19-9-7-6-8-10-19)21(32)12-11-20-16(2)28-24-26-15-27-31(24)17(20)3/h6-10,15H,5,11-14H2,1-4H3. The monoisotopic (exact) mass is 492 g/mol. The van der Waals surface area contributed by atoms with Gasteiger partial charge in [-0.05, 0) is 51.7 Å². The zero-order valence-electron chi connectivity index (χ0n) is 20.3. The second-order valence-electron chi connectivity index (χ2n) is 8.14. The Kier molecular flexibility index (Phi) is 7.50. The van der Waals surface area contributed by atoms with Crippen LogP contribution < -0.4 is 4.90 Å². The summed E-state index contributed by atoms with van der Waals surface area (Å²) in [6, 6.07) is 9.99. The van der Waals surface area contributed by atoms with E-state index in [1.54, 1.807) is 16.3 Å². The maximum absolute atomic E-state index is 13.5. The number of carbonyl (C=O) groups excluding carboxylic acids is 2. The van der Waals surface area contributed by atoms with Gasteiger partial charge in [-0.15, -0.1) is 11.3 Å². The van der Waals surface area contributed by atoms with E-state index in [0.29, 0.717) is 30.3 Å². The zero-order valence-corrected chi connectivity index (χ0v) is 21.1. The minimum atomic E-state index is -0.471. The summed E-state index contributed by atoms with van der Waals surface area (Å²) >= 11 is 1.33. The van der Waals surface area contributed by atoms with Gasteiger partial charge in [0.15, 0.2) is 10.8 Å². The van der Waals surface area contributed by atoms with E-state index in [0.717, 1.165) is 27.4 Å². The summed E-state index contributed by atoms with van der Waals surface area (Å²) in [5.74, 6) is 0.00770. The van der Waals surface area contributed by atoms with Gasteiger partial charge >= 0.3 is 5.97 Å². The highest BCUT2D eigenvalue weighted by Crippen LogP contribution is 2.28. The third-order valence-corrected chi connectivity index (χ3v) is 6.82. The van der Waals surface area contributed by atoms with Crippen molar-refractivity contribution >= 4 is 34.1 Å². The molecule has 10 heteroatoms. The number of thiazole rings is 1. The Morgan fingerprint density at radius 2 is 1.86 bits per heavy atom. The van der Waals surface area contributed by atoms with Crippen LogP contribution in [0.25, 0.3) is 5.78 Å². The summed E-state index contributed by atoms with van der Waals surface area (Å²) in [5, 5.41) is 4.74. The number of ether oxygens (including phenoxy) is 1. The molecule has 1 aromatic carbocycles. The Bertz CT molecular complexity index is 1350. The van der Waals surface area contributed by atoms with Crippen LogP contribution in [0.15, 0.2) is 36.7 Å². The van der Waals surface area contributed by atoms with E-state index in [4.69, 9.17) is 4.74 Å². The summed E-state index contributed by atoms with van der Waals surface area (Å²) in [6.45, 7) is 8.18. The van der Waals surface area contributed by atoms with E-state index in [1.165, 1.54) is 17.7 Å². The molecule has 0 saturated carbocycles. The molecule has 0 spiro atoms. The Labute approximate surface area is 207 Å². The molecule has 182 valence electrons. The van der Waals surface area contributed by atoms with Crippen LogP contribution in [0.3, 0.4) is 0 Å². The van der Waals surface area contributed by atoms with Gasteiger partial charge in [0, 0.05) is 29.2 Å². The maximum Gasteiger partial charge on any atom is 0.358 e. The highest BCUT2D eigenvalue weighted by atomic mass is 32.1. The lowest BCUT2D eigenvalue weighted by Gasteiger charge is -2.20. The van der Waals surface area contributed by atoms with Gasteiger partial charge in [0.25, 0.3) is 5.78 Å². The molecule has 0 atom stereocenters. The second kappa shape index (κ2) is 10.7. The topological polar surface area (TPSA) is 103 Å². The van der Waals surface area contributed by atoms with Gasteiger partial charge in [0.05, 0.1) is 6.61 Å². The van der Waals surface area contributed by atoms with Gasteiger partial charge in [-0.1, -0.05) is 30.3 Å². The molecule has 3 aromatic heterocycles. The molecule has 9 nitrogen and oxygen atoms in total. The minimum absolute atomic E-state index is 0.0671. The molecule has 4 aromatic rings. The largest absolute Gasteiger partial charge is 0.461 e. The molecule has 0 bridgehead atoms. The number of aromatic nitrogens is 5. The van der Waals surface area contributed by atoms with Crippen molar-refractivity contribution in [2.75, 3.05) is 18.1 Å². The van der Waals surface area contributed by atoms with Gasteiger partial charge in [-0.3, -0.25) is 9.69 Å². The molecule has 0 aliphatic rings. The third kappa shape index (κ3) is 5.37. The van der Waals surface area contributed by atoms with Gasteiger partial charge in [0.2, 0.25) is 5.91 Å². The first kappa shape index (κ1) is 24.5. The Hall–Kier alpha value is -3.66. The zero-order chi connectivity index (χ0) is 24.9. The van der Waals surface area contributed by atoms with Crippen LogP contribution in [0.1, 0.15) is 51.2 Å². The lowest BCUT2D eigenvalue weighted by Crippen LogP contribution is -2.33. The van der Waals surface area contributed by atoms with Crippen molar-refractivity contribution in [3.8, 4) is 0 Å². The van der Waals surface area contributed by atoms with Crippen molar-refractivity contribution in [2.45, 2.75) is 47.0 Å². The summed E-state index contributed by atoms with van der Waals surface area (Å²) in [4.78, 5) is 41.4. The summed E-state index contributed by atoms with van der Waals surface area (Å²) < 4.78 is 6.82. The summed E-state index contributed by atoms with van der Waals surface area (Å²) in [7, 11) is 0.